The smallest absolute Gasteiger partial charge is 0.229 e. The first-order valence-electron chi connectivity index (χ1n) is 5.03. The van der Waals surface area contributed by atoms with E-state index in [1.165, 1.54) is 0 Å². The second-order valence-corrected chi connectivity index (χ2v) is 7.15. The summed E-state index contributed by atoms with van der Waals surface area (Å²) < 4.78 is 7.14. The molecule has 0 saturated carbocycles. The van der Waals surface area contributed by atoms with E-state index in [-0.39, 0.29) is 12.0 Å². The van der Waals surface area contributed by atoms with Crippen molar-refractivity contribution >= 4 is 43.2 Å². The van der Waals surface area contributed by atoms with Gasteiger partial charge in [-0.2, -0.15) is 4.98 Å². The predicted octanol–water partition coefficient (Wildman–Crippen LogP) is 3.83. The van der Waals surface area contributed by atoms with Gasteiger partial charge in [0.2, 0.25) is 5.89 Å². The summed E-state index contributed by atoms with van der Waals surface area (Å²) in [5.41, 5.74) is 6.10. The fraction of sp³-hybridized carbons (Fsp3) is 0.400. The fourth-order valence-electron chi connectivity index (χ4n) is 1.25. The molecule has 0 bridgehead atoms. The van der Waals surface area contributed by atoms with Gasteiger partial charge < -0.3 is 10.3 Å². The lowest BCUT2D eigenvalue weighted by Gasteiger charge is -2.02. The minimum atomic E-state index is -0.348. The largest absolute Gasteiger partial charge is 0.339 e. The molecule has 1 unspecified atom stereocenters. The highest BCUT2D eigenvalue weighted by atomic mass is 79.9. The maximum Gasteiger partial charge on any atom is 0.229 e. The van der Waals surface area contributed by atoms with Crippen molar-refractivity contribution in [1.29, 1.82) is 0 Å². The Labute approximate surface area is 120 Å². The Hall–Kier alpha value is -0.240. The van der Waals surface area contributed by atoms with E-state index < -0.39 is 0 Å². The van der Waals surface area contributed by atoms with Gasteiger partial charge in [-0.25, -0.2) is 0 Å². The first kappa shape index (κ1) is 13.2. The maximum atomic E-state index is 6.10. The Morgan fingerprint density at radius 1 is 1.41 bits per heavy atom. The second kappa shape index (κ2) is 5.17. The summed E-state index contributed by atoms with van der Waals surface area (Å²) in [6.45, 7) is 4.00. The Morgan fingerprint density at radius 2 is 2.12 bits per heavy atom. The van der Waals surface area contributed by atoms with E-state index in [0.717, 1.165) is 13.1 Å². The molecule has 0 aliphatic carbocycles. The number of hydrogen-bond acceptors (Lipinski definition) is 5. The van der Waals surface area contributed by atoms with E-state index in [1.807, 2.05) is 19.9 Å². The molecule has 4 nitrogen and oxygen atoms in total. The van der Waals surface area contributed by atoms with E-state index in [4.69, 9.17) is 10.3 Å². The summed E-state index contributed by atoms with van der Waals surface area (Å²) in [5, 5.41) is 3.92. The Balaban J connectivity index is 2.27. The third-order valence-electron chi connectivity index (χ3n) is 2.20. The van der Waals surface area contributed by atoms with E-state index in [1.54, 1.807) is 11.3 Å². The minimum absolute atomic E-state index is 0.213. The van der Waals surface area contributed by atoms with E-state index in [9.17, 15) is 0 Å². The molecule has 17 heavy (non-hydrogen) atoms. The highest BCUT2D eigenvalue weighted by molar-refractivity contribution is 9.13. The number of nitrogens with zero attached hydrogens (tertiary/aromatic N) is 2. The molecule has 7 heteroatoms. The number of nitrogens with two attached hydrogens (primary N) is 1. The van der Waals surface area contributed by atoms with Crippen molar-refractivity contribution in [1.82, 2.24) is 10.1 Å². The lowest BCUT2D eigenvalue weighted by Crippen LogP contribution is -2.12. The molecule has 0 aromatic carbocycles. The second-order valence-electron chi connectivity index (χ2n) is 3.89. The van der Waals surface area contributed by atoms with Gasteiger partial charge >= 0.3 is 0 Å². The quantitative estimate of drug-likeness (QED) is 0.878. The van der Waals surface area contributed by atoms with E-state index in [2.05, 4.69) is 42.0 Å². The number of aromatic nitrogens is 2. The van der Waals surface area contributed by atoms with Crippen LogP contribution in [0, 0.1) is 0 Å². The first-order valence-corrected chi connectivity index (χ1v) is 7.43. The van der Waals surface area contributed by atoms with Crippen LogP contribution in [0.4, 0.5) is 0 Å². The third-order valence-corrected chi connectivity index (χ3v) is 5.54. The van der Waals surface area contributed by atoms with Crippen LogP contribution in [0.2, 0.25) is 0 Å². The fourth-order valence-corrected chi connectivity index (χ4v) is 3.34. The highest BCUT2D eigenvalue weighted by Gasteiger charge is 2.20. The summed E-state index contributed by atoms with van der Waals surface area (Å²) in [6.07, 6.45) is 0. The van der Waals surface area contributed by atoms with Gasteiger partial charge in [-0.1, -0.05) is 19.0 Å². The first-order chi connectivity index (χ1) is 7.99. The van der Waals surface area contributed by atoms with Gasteiger partial charge in [0.05, 0.1) is 3.79 Å². The average Bonchev–Trinajstić information content (AvgIpc) is 2.86. The number of hydrogen-bond donors (Lipinski definition) is 1. The molecule has 0 radical (unpaired) electrons. The molecular weight excluding hydrogens is 370 g/mol. The summed E-state index contributed by atoms with van der Waals surface area (Å²) >= 11 is 8.42. The van der Waals surface area contributed by atoms with Crippen LogP contribution in [0.1, 0.15) is 42.4 Å². The third kappa shape index (κ3) is 2.78. The van der Waals surface area contributed by atoms with Crippen molar-refractivity contribution < 1.29 is 4.52 Å². The van der Waals surface area contributed by atoms with Gasteiger partial charge in [0.1, 0.15) is 6.04 Å². The van der Waals surface area contributed by atoms with Crippen LogP contribution < -0.4 is 5.73 Å². The lowest BCUT2D eigenvalue weighted by atomic mass is 10.2. The summed E-state index contributed by atoms with van der Waals surface area (Å²) in [5.74, 6) is 1.35. The van der Waals surface area contributed by atoms with Crippen LogP contribution in [0.3, 0.4) is 0 Å². The van der Waals surface area contributed by atoms with Crippen molar-refractivity contribution in [3.63, 3.8) is 0 Å². The molecule has 2 rings (SSSR count). The van der Waals surface area contributed by atoms with E-state index >= 15 is 0 Å². The van der Waals surface area contributed by atoms with Gasteiger partial charge in [-0.15, -0.1) is 11.3 Å². The number of thiophene rings is 1. The molecule has 0 saturated heterocycles. The van der Waals surface area contributed by atoms with Crippen molar-refractivity contribution in [2.45, 2.75) is 25.8 Å². The number of rotatable bonds is 3. The van der Waals surface area contributed by atoms with Crippen molar-refractivity contribution in [2.24, 2.45) is 5.73 Å². The molecule has 2 heterocycles. The Morgan fingerprint density at radius 3 is 2.59 bits per heavy atom. The molecule has 0 aliphatic rings. The normalized spacial score (nSPS) is 13.3. The molecule has 1 atom stereocenters. The van der Waals surface area contributed by atoms with Crippen LogP contribution in [-0.2, 0) is 0 Å². The zero-order chi connectivity index (χ0) is 12.6. The Bertz CT molecular complexity index is 504. The molecular formula is C10H11Br2N3OS. The predicted molar refractivity (Wildman–Crippen MR) is 74.1 cm³/mol. The molecule has 0 amide bonds. The molecule has 2 aromatic rings. The van der Waals surface area contributed by atoms with Gasteiger partial charge in [0.15, 0.2) is 5.82 Å². The number of halogens is 2. The van der Waals surface area contributed by atoms with Crippen LogP contribution in [0.15, 0.2) is 18.8 Å². The van der Waals surface area contributed by atoms with Crippen LogP contribution >= 0.6 is 43.2 Å². The molecule has 2 aromatic heterocycles. The van der Waals surface area contributed by atoms with Crippen molar-refractivity contribution in [2.75, 3.05) is 0 Å². The lowest BCUT2D eigenvalue weighted by molar-refractivity contribution is 0.359. The zero-order valence-corrected chi connectivity index (χ0v) is 13.3. The zero-order valence-electron chi connectivity index (χ0n) is 9.28. The standard InChI is InChI=1S/C10H11Br2N3OS/c1-4(2)10-14-9(15-16-10)7(13)6-3-5(11)8(12)17-6/h3-4,7H,13H2,1-2H3. The molecule has 2 N–H and O–H groups in total. The SMILES string of the molecule is CC(C)c1nc(C(N)c2cc(Br)c(Br)s2)no1. The van der Waals surface area contributed by atoms with Gasteiger partial charge in [0.25, 0.3) is 0 Å². The van der Waals surface area contributed by atoms with Gasteiger partial charge in [0, 0.05) is 15.3 Å². The average molecular weight is 381 g/mol. The molecule has 0 spiro atoms. The van der Waals surface area contributed by atoms with Crippen molar-refractivity contribution in [3.05, 3.63) is 30.9 Å². The van der Waals surface area contributed by atoms with Gasteiger partial charge in [-0.3, -0.25) is 0 Å². The molecule has 0 aliphatic heterocycles. The van der Waals surface area contributed by atoms with Crippen molar-refractivity contribution in [3.8, 4) is 0 Å². The highest BCUT2D eigenvalue weighted by Crippen LogP contribution is 2.36. The molecule has 92 valence electrons. The summed E-state index contributed by atoms with van der Waals surface area (Å²) in [6, 6.07) is 1.61. The maximum absolute atomic E-state index is 6.10. The summed E-state index contributed by atoms with van der Waals surface area (Å²) in [4.78, 5) is 5.28. The topological polar surface area (TPSA) is 64.9 Å². The Kier molecular flexibility index (Phi) is 4.02. The van der Waals surface area contributed by atoms with Crippen LogP contribution in [-0.4, -0.2) is 10.1 Å². The molecule has 0 fully saturated rings. The minimum Gasteiger partial charge on any atom is -0.339 e. The monoisotopic (exact) mass is 379 g/mol. The van der Waals surface area contributed by atoms with Crippen LogP contribution in [0.25, 0.3) is 0 Å². The van der Waals surface area contributed by atoms with Crippen LogP contribution in [0.5, 0.6) is 0 Å². The summed E-state index contributed by atoms with van der Waals surface area (Å²) in [7, 11) is 0. The van der Waals surface area contributed by atoms with E-state index in [0.29, 0.717) is 11.7 Å². The van der Waals surface area contributed by atoms with Gasteiger partial charge in [-0.05, 0) is 37.9 Å².